The maximum atomic E-state index is 13.1. The highest BCUT2D eigenvalue weighted by atomic mass is 16.5. The summed E-state index contributed by atoms with van der Waals surface area (Å²) in [6, 6.07) is 15.4. The number of Topliss-reactive ketones (excluding diaryl/α,β-unsaturated/α-hetero) is 1. The first-order valence-corrected chi connectivity index (χ1v) is 11.5. The van der Waals surface area contributed by atoms with Gasteiger partial charge >= 0.3 is 5.97 Å². The number of benzene rings is 2. The zero-order valence-electron chi connectivity index (χ0n) is 19.6. The van der Waals surface area contributed by atoms with Gasteiger partial charge in [-0.1, -0.05) is 49.1 Å². The summed E-state index contributed by atoms with van der Waals surface area (Å²) in [5.41, 5.74) is 3.87. The normalized spacial score (nSPS) is 19.7. The van der Waals surface area contributed by atoms with Gasteiger partial charge in [-0.15, -0.1) is 0 Å². The molecule has 2 aliphatic rings. The topological polar surface area (TPSA) is 74.2 Å². The zero-order valence-corrected chi connectivity index (χ0v) is 19.6. The van der Waals surface area contributed by atoms with Crippen LogP contribution in [0.5, 0.6) is 11.5 Å². The number of carbonyl (C=O) groups excluding carboxylic acids is 2. The van der Waals surface area contributed by atoms with Crippen LogP contribution in [-0.2, 0) is 20.9 Å². The molecule has 0 saturated heterocycles. The van der Waals surface area contributed by atoms with Gasteiger partial charge in [-0.05, 0) is 43.0 Å². The number of allylic oxidation sites excluding steroid dienone is 2. The van der Waals surface area contributed by atoms with Crippen LogP contribution in [0, 0.1) is 5.92 Å². The molecule has 2 atom stereocenters. The van der Waals surface area contributed by atoms with Gasteiger partial charge in [0, 0.05) is 29.3 Å². The van der Waals surface area contributed by atoms with Crippen molar-refractivity contribution in [3.8, 4) is 11.5 Å². The fraction of sp³-hybridized carbons (Fsp3) is 0.321. The summed E-state index contributed by atoms with van der Waals surface area (Å²) in [5, 5.41) is 0. The van der Waals surface area contributed by atoms with E-state index in [9.17, 15) is 9.59 Å². The summed E-state index contributed by atoms with van der Waals surface area (Å²) in [5.74, 6) is -0.438. The lowest BCUT2D eigenvalue weighted by molar-refractivity contribution is -0.145. The van der Waals surface area contributed by atoms with Crippen molar-refractivity contribution < 1.29 is 23.8 Å². The molecule has 6 nitrogen and oxygen atoms in total. The minimum atomic E-state index is -0.693. The van der Waals surface area contributed by atoms with E-state index in [1.165, 1.54) is 6.08 Å². The fourth-order valence-corrected chi connectivity index (χ4v) is 4.63. The Labute approximate surface area is 199 Å². The molecule has 2 aromatic carbocycles. The number of hydrogen-bond donors (Lipinski definition) is 0. The quantitative estimate of drug-likeness (QED) is 0.401. The molecule has 1 heterocycles. The summed E-state index contributed by atoms with van der Waals surface area (Å²) < 4.78 is 17.0. The predicted octanol–water partition coefficient (Wildman–Crippen LogP) is 5.18. The Morgan fingerprint density at radius 3 is 2.68 bits per heavy atom. The molecular weight excluding hydrogens is 430 g/mol. The number of esters is 1. The second kappa shape index (κ2) is 10.5. The molecule has 0 radical (unpaired) electrons. The summed E-state index contributed by atoms with van der Waals surface area (Å²) in [4.78, 5) is 30.8. The van der Waals surface area contributed by atoms with Crippen LogP contribution in [0.1, 0.15) is 43.2 Å². The third kappa shape index (κ3) is 4.81. The molecule has 6 heteroatoms. The lowest BCUT2D eigenvalue weighted by Crippen LogP contribution is -2.37. The maximum Gasteiger partial charge on any atom is 0.315 e. The summed E-state index contributed by atoms with van der Waals surface area (Å²) in [6.45, 7) is 5.95. The number of methoxy groups -OCH3 is 1. The Morgan fingerprint density at radius 1 is 1.15 bits per heavy atom. The smallest absolute Gasteiger partial charge is 0.315 e. The van der Waals surface area contributed by atoms with Crippen LogP contribution < -0.4 is 9.47 Å². The fourth-order valence-electron chi connectivity index (χ4n) is 4.63. The number of ketones is 1. The molecule has 0 N–H and O–H groups in total. The van der Waals surface area contributed by atoms with E-state index in [1.807, 2.05) is 55.5 Å². The van der Waals surface area contributed by atoms with E-state index >= 15 is 0 Å². The molecule has 4 rings (SSSR count). The largest absolute Gasteiger partial charge is 0.493 e. The van der Waals surface area contributed by atoms with E-state index in [-0.39, 0.29) is 12.4 Å². The Morgan fingerprint density at radius 2 is 1.94 bits per heavy atom. The van der Waals surface area contributed by atoms with Gasteiger partial charge < -0.3 is 14.2 Å². The number of aliphatic imine (C=N–C) groups is 1. The highest BCUT2D eigenvalue weighted by Crippen LogP contribution is 2.45. The van der Waals surface area contributed by atoms with E-state index in [4.69, 9.17) is 14.2 Å². The third-order valence-electron chi connectivity index (χ3n) is 6.22. The van der Waals surface area contributed by atoms with Crippen LogP contribution in [-0.4, -0.2) is 31.2 Å². The Hall–Kier alpha value is -3.67. The molecule has 0 bridgehead atoms. The Bertz CT molecular complexity index is 1150. The van der Waals surface area contributed by atoms with Gasteiger partial charge in [0.2, 0.25) is 0 Å². The van der Waals surface area contributed by atoms with Gasteiger partial charge in [-0.2, -0.15) is 0 Å². The van der Waals surface area contributed by atoms with Crippen molar-refractivity contribution in [2.45, 2.75) is 38.7 Å². The predicted molar refractivity (Wildman–Crippen MR) is 130 cm³/mol. The molecule has 1 aliphatic carbocycles. The summed E-state index contributed by atoms with van der Waals surface area (Å²) in [7, 11) is 1.58. The van der Waals surface area contributed by atoms with Gasteiger partial charge in [-0.3, -0.25) is 14.6 Å². The van der Waals surface area contributed by atoms with Crippen LogP contribution in [0.25, 0.3) is 0 Å². The maximum absolute atomic E-state index is 13.1. The second-order valence-electron chi connectivity index (χ2n) is 8.45. The van der Waals surface area contributed by atoms with Crippen molar-refractivity contribution >= 4 is 17.5 Å². The molecule has 0 fully saturated rings. The van der Waals surface area contributed by atoms with Gasteiger partial charge in [0.15, 0.2) is 17.3 Å². The van der Waals surface area contributed by atoms with Crippen LogP contribution in [0.4, 0.5) is 0 Å². The lowest BCUT2D eigenvalue weighted by Gasteiger charge is -2.34. The third-order valence-corrected chi connectivity index (χ3v) is 6.22. The van der Waals surface area contributed by atoms with E-state index < -0.39 is 17.8 Å². The molecule has 1 unspecified atom stereocenters. The van der Waals surface area contributed by atoms with Gasteiger partial charge in [0.05, 0.1) is 7.11 Å². The van der Waals surface area contributed by atoms with Crippen molar-refractivity contribution in [1.29, 1.82) is 0 Å². The minimum Gasteiger partial charge on any atom is -0.493 e. The number of hydrogen-bond acceptors (Lipinski definition) is 6. The lowest BCUT2D eigenvalue weighted by atomic mass is 9.71. The molecule has 0 saturated carbocycles. The molecule has 0 spiro atoms. The van der Waals surface area contributed by atoms with E-state index in [0.29, 0.717) is 35.8 Å². The number of nitrogens with zero attached hydrogens (tertiary/aromatic N) is 1. The molecule has 0 amide bonds. The van der Waals surface area contributed by atoms with Gasteiger partial charge in [0.25, 0.3) is 0 Å². The monoisotopic (exact) mass is 459 g/mol. The zero-order chi connectivity index (χ0) is 24.1. The first-order valence-electron chi connectivity index (χ1n) is 11.5. The van der Waals surface area contributed by atoms with Crippen LogP contribution in [0.3, 0.4) is 0 Å². The first-order chi connectivity index (χ1) is 16.5. The average Bonchev–Trinajstić information content (AvgIpc) is 2.86. The van der Waals surface area contributed by atoms with Crippen LogP contribution >= 0.6 is 0 Å². The Balaban J connectivity index is 1.71. The van der Waals surface area contributed by atoms with Crippen molar-refractivity contribution in [2.24, 2.45) is 10.9 Å². The average molecular weight is 460 g/mol. The molecule has 2 aromatic rings. The number of carbonyl (C=O) groups is 2. The Kier molecular flexibility index (Phi) is 7.26. The van der Waals surface area contributed by atoms with Crippen molar-refractivity contribution in [1.82, 2.24) is 0 Å². The number of rotatable bonds is 8. The molecular formula is C28H29NO5. The van der Waals surface area contributed by atoms with E-state index in [1.54, 1.807) is 7.11 Å². The first kappa shape index (κ1) is 23.5. The van der Waals surface area contributed by atoms with Crippen LogP contribution in [0.15, 0.2) is 77.4 Å². The SMILES string of the molecule is C=CCOC(=O)C1C(C)=NC2=C(C(=O)CCC2)[C@H]1c1ccc(OCc2ccccc2)c(OC)c1. The van der Waals surface area contributed by atoms with E-state index in [0.717, 1.165) is 29.7 Å². The number of ether oxygens (including phenoxy) is 3. The van der Waals surface area contributed by atoms with Gasteiger partial charge in [-0.25, -0.2) is 0 Å². The molecule has 34 heavy (non-hydrogen) atoms. The highest BCUT2D eigenvalue weighted by Gasteiger charge is 2.43. The standard InChI is InChI=1S/C28H29NO5/c1-4-15-33-28(31)25-18(2)29-21-11-8-12-22(30)27(21)26(25)20-13-14-23(24(16-20)32-3)34-17-19-9-6-5-7-10-19/h4-7,9-10,13-14,16,25-26H,1,8,11-12,15,17H2,2-3H3/t25?,26-/m0/s1. The van der Waals surface area contributed by atoms with E-state index in [2.05, 4.69) is 11.6 Å². The summed E-state index contributed by atoms with van der Waals surface area (Å²) >= 11 is 0. The molecule has 1 aliphatic heterocycles. The van der Waals surface area contributed by atoms with Gasteiger partial charge in [0.1, 0.15) is 19.1 Å². The highest BCUT2D eigenvalue weighted by molar-refractivity contribution is 6.08. The molecule has 176 valence electrons. The van der Waals surface area contributed by atoms with Crippen molar-refractivity contribution in [3.63, 3.8) is 0 Å². The van der Waals surface area contributed by atoms with Crippen molar-refractivity contribution in [3.05, 3.63) is 83.6 Å². The molecule has 0 aromatic heterocycles. The van der Waals surface area contributed by atoms with Crippen molar-refractivity contribution in [2.75, 3.05) is 13.7 Å². The minimum absolute atomic E-state index is 0.0346. The van der Waals surface area contributed by atoms with Crippen LogP contribution in [0.2, 0.25) is 0 Å². The summed E-state index contributed by atoms with van der Waals surface area (Å²) in [6.07, 6.45) is 3.47. The second-order valence-corrected chi connectivity index (χ2v) is 8.45.